The minimum absolute atomic E-state index is 0.435. The van der Waals surface area contributed by atoms with E-state index < -0.39 is 0 Å². The number of aromatic nitrogens is 3. The zero-order valence-electron chi connectivity index (χ0n) is 9.24. The Kier molecular flexibility index (Phi) is 2.24. The van der Waals surface area contributed by atoms with Gasteiger partial charge in [-0.3, -0.25) is 0 Å². The summed E-state index contributed by atoms with van der Waals surface area (Å²) >= 11 is 0. The van der Waals surface area contributed by atoms with Gasteiger partial charge in [-0.15, -0.1) is 10.2 Å². The molecule has 1 aromatic heterocycles. The van der Waals surface area contributed by atoms with Gasteiger partial charge in [0.05, 0.1) is 6.04 Å². The van der Waals surface area contributed by atoms with E-state index in [1.54, 1.807) is 0 Å². The maximum atomic E-state index is 4.38. The van der Waals surface area contributed by atoms with Gasteiger partial charge in [0.15, 0.2) is 0 Å². The van der Waals surface area contributed by atoms with E-state index in [1.807, 2.05) is 0 Å². The number of hydrogen-bond donors (Lipinski definition) is 1. The lowest BCUT2D eigenvalue weighted by molar-refractivity contribution is 0.431. The monoisotopic (exact) mass is 206 g/mol. The van der Waals surface area contributed by atoms with Gasteiger partial charge in [0, 0.05) is 13.0 Å². The largest absolute Gasteiger partial charge is 0.314 e. The summed E-state index contributed by atoms with van der Waals surface area (Å²) in [5.74, 6) is 3.06. The fourth-order valence-electron chi connectivity index (χ4n) is 2.74. The summed E-state index contributed by atoms with van der Waals surface area (Å²) in [5, 5.41) is 12.2. The van der Waals surface area contributed by atoms with E-state index in [0.29, 0.717) is 12.0 Å². The van der Waals surface area contributed by atoms with Gasteiger partial charge in [0.2, 0.25) is 0 Å². The van der Waals surface area contributed by atoms with Crippen LogP contribution < -0.4 is 5.32 Å². The molecule has 0 spiro atoms. The predicted molar refractivity (Wildman–Crippen MR) is 57.5 cm³/mol. The molecule has 2 atom stereocenters. The standard InChI is InChI=1S/C11H18N4/c1-8-5-6-12-10(8)11-14-13-9-4-2-3-7-15(9)11/h8,10,12H,2-7H2,1H3. The van der Waals surface area contributed by atoms with E-state index in [0.717, 1.165) is 19.5 Å². The number of aryl methyl sites for hydroxylation is 1. The van der Waals surface area contributed by atoms with Crippen LogP contribution in [-0.2, 0) is 13.0 Å². The molecule has 2 unspecified atom stereocenters. The van der Waals surface area contributed by atoms with Crippen LogP contribution in [0, 0.1) is 5.92 Å². The van der Waals surface area contributed by atoms with Crippen molar-refractivity contribution in [3.05, 3.63) is 11.6 Å². The van der Waals surface area contributed by atoms with Crippen LogP contribution in [0.2, 0.25) is 0 Å². The molecule has 0 bridgehead atoms. The Balaban J connectivity index is 1.94. The minimum Gasteiger partial charge on any atom is -0.314 e. The number of nitrogens with zero attached hydrogens (tertiary/aromatic N) is 3. The molecule has 0 aromatic carbocycles. The molecule has 0 aliphatic carbocycles. The Labute approximate surface area is 90.1 Å². The molecule has 0 radical (unpaired) electrons. The first-order chi connectivity index (χ1) is 7.36. The highest BCUT2D eigenvalue weighted by Crippen LogP contribution is 2.29. The van der Waals surface area contributed by atoms with E-state index in [2.05, 4.69) is 27.0 Å². The normalized spacial score (nSPS) is 30.5. The van der Waals surface area contributed by atoms with Crippen molar-refractivity contribution in [1.29, 1.82) is 0 Å². The molecule has 1 aromatic rings. The highest BCUT2D eigenvalue weighted by molar-refractivity contribution is 5.06. The third-order valence-corrected chi connectivity index (χ3v) is 3.70. The number of hydrogen-bond acceptors (Lipinski definition) is 3. The Morgan fingerprint density at radius 2 is 2.27 bits per heavy atom. The summed E-state index contributed by atoms with van der Waals surface area (Å²) in [5.41, 5.74) is 0. The lowest BCUT2D eigenvalue weighted by Gasteiger charge is -2.19. The van der Waals surface area contributed by atoms with Crippen molar-refractivity contribution in [3.63, 3.8) is 0 Å². The fourth-order valence-corrected chi connectivity index (χ4v) is 2.74. The van der Waals surface area contributed by atoms with Gasteiger partial charge in [0.1, 0.15) is 11.6 Å². The van der Waals surface area contributed by atoms with Gasteiger partial charge in [-0.25, -0.2) is 0 Å². The molecule has 4 nitrogen and oxygen atoms in total. The molecule has 0 saturated carbocycles. The lowest BCUT2D eigenvalue weighted by atomic mass is 10.0. The summed E-state index contributed by atoms with van der Waals surface area (Å²) in [6, 6.07) is 0.435. The zero-order chi connectivity index (χ0) is 10.3. The molecule has 1 saturated heterocycles. The van der Waals surface area contributed by atoms with Crippen molar-refractivity contribution >= 4 is 0 Å². The predicted octanol–water partition coefficient (Wildman–Crippen LogP) is 1.28. The van der Waals surface area contributed by atoms with E-state index >= 15 is 0 Å². The molecule has 1 N–H and O–H groups in total. The van der Waals surface area contributed by atoms with Gasteiger partial charge in [-0.2, -0.15) is 0 Å². The highest BCUT2D eigenvalue weighted by atomic mass is 15.3. The van der Waals surface area contributed by atoms with Crippen molar-refractivity contribution in [2.45, 2.75) is 45.2 Å². The van der Waals surface area contributed by atoms with E-state index in [-0.39, 0.29) is 0 Å². The highest BCUT2D eigenvalue weighted by Gasteiger charge is 2.30. The van der Waals surface area contributed by atoms with Crippen molar-refractivity contribution in [2.24, 2.45) is 5.92 Å². The first-order valence-corrected chi connectivity index (χ1v) is 6.01. The summed E-state index contributed by atoms with van der Waals surface area (Å²) < 4.78 is 2.34. The lowest BCUT2D eigenvalue weighted by Crippen LogP contribution is -2.23. The van der Waals surface area contributed by atoms with Crippen molar-refractivity contribution in [2.75, 3.05) is 6.54 Å². The molecule has 82 valence electrons. The third kappa shape index (κ3) is 1.47. The van der Waals surface area contributed by atoms with Crippen LogP contribution in [0.3, 0.4) is 0 Å². The molecular weight excluding hydrogens is 188 g/mol. The first kappa shape index (κ1) is 9.33. The van der Waals surface area contributed by atoms with Crippen LogP contribution in [0.4, 0.5) is 0 Å². The van der Waals surface area contributed by atoms with Crippen molar-refractivity contribution < 1.29 is 0 Å². The number of fused-ring (bicyclic) bond motifs is 1. The fraction of sp³-hybridized carbons (Fsp3) is 0.818. The Morgan fingerprint density at radius 3 is 3.07 bits per heavy atom. The van der Waals surface area contributed by atoms with Crippen LogP contribution in [0.5, 0.6) is 0 Å². The number of nitrogens with one attached hydrogen (secondary N) is 1. The third-order valence-electron chi connectivity index (χ3n) is 3.70. The van der Waals surface area contributed by atoms with Crippen LogP contribution in [0.15, 0.2) is 0 Å². The Morgan fingerprint density at radius 1 is 1.33 bits per heavy atom. The second kappa shape index (κ2) is 3.59. The van der Waals surface area contributed by atoms with E-state index in [9.17, 15) is 0 Å². The molecular formula is C11H18N4. The van der Waals surface area contributed by atoms with Crippen LogP contribution >= 0.6 is 0 Å². The molecule has 1 fully saturated rings. The van der Waals surface area contributed by atoms with Gasteiger partial charge >= 0.3 is 0 Å². The number of rotatable bonds is 1. The summed E-state index contributed by atoms with van der Waals surface area (Å²) in [6.45, 7) is 4.53. The quantitative estimate of drug-likeness (QED) is 0.752. The second-order valence-corrected chi connectivity index (χ2v) is 4.78. The Hall–Kier alpha value is -0.900. The topological polar surface area (TPSA) is 42.7 Å². The smallest absolute Gasteiger partial charge is 0.150 e. The summed E-state index contributed by atoms with van der Waals surface area (Å²) in [6.07, 6.45) is 4.91. The van der Waals surface area contributed by atoms with Crippen molar-refractivity contribution in [1.82, 2.24) is 20.1 Å². The molecule has 3 heterocycles. The van der Waals surface area contributed by atoms with Crippen LogP contribution in [0.1, 0.15) is 43.9 Å². The zero-order valence-corrected chi connectivity index (χ0v) is 9.24. The van der Waals surface area contributed by atoms with E-state index in [1.165, 1.54) is 30.9 Å². The molecule has 2 aliphatic rings. The van der Waals surface area contributed by atoms with Gasteiger partial charge in [-0.05, 0) is 31.7 Å². The van der Waals surface area contributed by atoms with Gasteiger partial charge < -0.3 is 9.88 Å². The summed E-state index contributed by atoms with van der Waals surface area (Å²) in [4.78, 5) is 0. The van der Waals surface area contributed by atoms with Gasteiger partial charge in [-0.1, -0.05) is 6.92 Å². The Bertz CT molecular complexity index is 357. The molecule has 4 heteroatoms. The summed E-state index contributed by atoms with van der Waals surface area (Å²) in [7, 11) is 0. The minimum atomic E-state index is 0.435. The average molecular weight is 206 g/mol. The average Bonchev–Trinajstić information content (AvgIpc) is 2.83. The molecule has 3 rings (SSSR count). The maximum absolute atomic E-state index is 4.38. The van der Waals surface area contributed by atoms with Crippen molar-refractivity contribution in [3.8, 4) is 0 Å². The van der Waals surface area contributed by atoms with Crippen LogP contribution in [-0.4, -0.2) is 21.3 Å². The molecule has 0 amide bonds. The van der Waals surface area contributed by atoms with E-state index in [4.69, 9.17) is 0 Å². The molecule has 15 heavy (non-hydrogen) atoms. The van der Waals surface area contributed by atoms with Gasteiger partial charge in [0.25, 0.3) is 0 Å². The second-order valence-electron chi connectivity index (χ2n) is 4.78. The first-order valence-electron chi connectivity index (χ1n) is 6.01. The van der Waals surface area contributed by atoms with Crippen LogP contribution in [0.25, 0.3) is 0 Å². The SMILES string of the molecule is CC1CCNC1c1nnc2n1CCCC2. The molecule has 2 aliphatic heterocycles. The maximum Gasteiger partial charge on any atom is 0.150 e.